The maximum absolute atomic E-state index is 13.8. The number of rotatable bonds is 14. The normalized spacial score (nSPS) is 11.9. The minimum atomic E-state index is -0.848. The number of carbonyl (C=O) groups excluding carboxylic acids is 2. The van der Waals surface area contributed by atoms with Gasteiger partial charge in [-0.25, -0.2) is 0 Å². The number of carbonyl (C=O) groups is 3. The molecule has 0 radical (unpaired) electrons. The van der Waals surface area contributed by atoms with Crippen molar-refractivity contribution in [3.8, 4) is 5.75 Å². The SMILES string of the molecule is CCN(CC)C(=O)C(Oc1cccc(C(=O)c2cn(CCCC(=O)O)c3ccccc23)c1)c1ccc(CC(C)C)cc1. The number of aliphatic carboxylic acids is 1. The Bertz CT molecular complexity index is 1530. The molecule has 220 valence electrons. The number of carboxylic acids is 1. The topological polar surface area (TPSA) is 88.8 Å². The van der Waals surface area contributed by atoms with Crippen LogP contribution in [-0.2, 0) is 22.6 Å². The number of likely N-dealkylation sites (N-methyl/N-ethyl adjacent to an activating group) is 1. The first-order valence-electron chi connectivity index (χ1n) is 14.7. The molecule has 1 unspecified atom stereocenters. The lowest BCUT2D eigenvalue weighted by atomic mass is 9.99. The third-order valence-corrected chi connectivity index (χ3v) is 7.40. The number of nitrogens with zero attached hydrogens (tertiary/aromatic N) is 2. The van der Waals surface area contributed by atoms with Crippen molar-refractivity contribution in [2.75, 3.05) is 13.1 Å². The molecule has 0 aliphatic carbocycles. The molecule has 0 fully saturated rings. The standard InChI is InChI=1S/C35H40N2O5/c1-5-36(6-2)35(41)34(26-18-16-25(17-19-26)21-24(3)4)42-28-12-9-11-27(22-28)33(40)30-23-37(20-10-15-32(38)39)31-14-8-7-13-29(30)31/h7-9,11-14,16-19,22-24,34H,5-6,10,15,20-21H2,1-4H3,(H,38,39). The predicted molar refractivity (Wildman–Crippen MR) is 165 cm³/mol. The maximum atomic E-state index is 13.8. The van der Waals surface area contributed by atoms with Crippen molar-refractivity contribution in [1.29, 1.82) is 0 Å². The predicted octanol–water partition coefficient (Wildman–Crippen LogP) is 6.92. The van der Waals surface area contributed by atoms with Crippen molar-refractivity contribution in [2.45, 2.75) is 59.6 Å². The van der Waals surface area contributed by atoms with Crippen LogP contribution in [-0.4, -0.2) is 45.3 Å². The lowest BCUT2D eigenvalue weighted by molar-refractivity contribution is -0.139. The van der Waals surface area contributed by atoms with E-state index in [9.17, 15) is 14.4 Å². The van der Waals surface area contributed by atoms with Crippen LogP contribution in [0.25, 0.3) is 10.9 Å². The molecule has 0 aliphatic heterocycles. The number of ketones is 1. The molecule has 1 aromatic heterocycles. The maximum Gasteiger partial charge on any atom is 0.303 e. The Kier molecular flexibility index (Phi) is 10.2. The summed E-state index contributed by atoms with van der Waals surface area (Å²) in [5.41, 5.74) is 3.83. The second kappa shape index (κ2) is 14.0. The smallest absolute Gasteiger partial charge is 0.303 e. The van der Waals surface area contributed by atoms with Gasteiger partial charge in [-0.3, -0.25) is 14.4 Å². The fourth-order valence-corrected chi connectivity index (χ4v) is 5.28. The first-order chi connectivity index (χ1) is 20.2. The van der Waals surface area contributed by atoms with Crippen LogP contribution in [0.5, 0.6) is 5.75 Å². The zero-order valence-corrected chi connectivity index (χ0v) is 24.9. The summed E-state index contributed by atoms with van der Waals surface area (Å²) in [7, 11) is 0. The van der Waals surface area contributed by atoms with Gasteiger partial charge in [0.15, 0.2) is 5.78 Å². The highest BCUT2D eigenvalue weighted by Crippen LogP contribution is 2.29. The van der Waals surface area contributed by atoms with Crippen molar-refractivity contribution < 1.29 is 24.2 Å². The highest BCUT2D eigenvalue weighted by Gasteiger charge is 2.27. The van der Waals surface area contributed by atoms with Gasteiger partial charge >= 0.3 is 5.97 Å². The third-order valence-electron chi connectivity index (χ3n) is 7.40. The first kappa shape index (κ1) is 30.6. The molecule has 1 amide bonds. The number of carboxylic acid groups (broad SMARTS) is 1. The molecule has 1 atom stereocenters. The van der Waals surface area contributed by atoms with E-state index >= 15 is 0 Å². The third kappa shape index (κ3) is 7.27. The van der Waals surface area contributed by atoms with E-state index in [1.54, 1.807) is 35.4 Å². The summed E-state index contributed by atoms with van der Waals surface area (Å²) >= 11 is 0. The van der Waals surface area contributed by atoms with Gasteiger partial charge in [-0.2, -0.15) is 0 Å². The molecule has 0 saturated heterocycles. The van der Waals surface area contributed by atoms with E-state index in [1.807, 2.05) is 66.9 Å². The Labute approximate surface area is 247 Å². The zero-order chi connectivity index (χ0) is 30.2. The van der Waals surface area contributed by atoms with Crippen LogP contribution in [0.15, 0.2) is 79.0 Å². The van der Waals surface area contributed by atoms with Crippen molar-refractivity contribution >= 4 is 28.6 Å². The summed E-state index contributed by atoms with van der Waals surface area (Å²) in [4.78, 5) is 40.1. The molecule has 7 heteroatoms. The Morgan fingerprint density at radius 3 is 2.31 bits per heavy atom. The average molecular weight is 569 g/mol. The van der Waals surface area contributed by atoms with Gasteiger partial charge < -0.3 is 19.3 Å². The summed E-state index contributed by atoms with van der Waals surface area (Å²) in [5, 5.41) is 9.85. The van der Waals surface area contributed by atoms with Crippen LogP contribution in [0.4, 0.5) is 0 Å². The molecule has 42 heavy (non-hydrogen) atoms. The average Bonchev–Trinajstić information content (AvgIpc) is 3.35. The lowest BCUT2D eigenvalue weighted by Gasteiger charge is -2.26. The summed E-state index contributed by atoms with van der Waals surface area (Å²) < 4.78 is 8.30. The first-order valence-corrected chi connectivity index (χ1v) is 14.7. The summed E-state index contributed by atoms with van der Waals surface area (Å²) in [5.74, 6) is -0.179. The van der Waals surface area contributed by atoms with Gasteiger partial charge in [0.2, 0.25) is 6.10 Å². The quantitative estimate of drug-likeness (QED) is 0.167. The minimum absolute atomic E-state index is 0.0585. The molecular weight excluding hydrogens is 528 g/mol. The van der Waals surface area contributed by atoms with Crippen LogP contribution in [0.2, 0.25) is 0 Å². The highest BCUT2D eigenvalue weighted by atomic mass is 16.5. The van der Waals surface area contributed by atoms with Crippen LogP contribution in [0.3, 0.4) is 0 Å². The number of hydrogen-bond acceptors (Lipinski definition) is 4. The van der Waals surface area contributed by atoms with Crippen molar-refractivity contribution in [2.24, 2.45) is 5.92 Å². The van der Waals surface area contributed by atoms with Crippen LogP contribution >= 0.6 is 0 Å². The Morgan fingerprint density at radius 2 is 1.64 bits per heavy atom. The Balaban J connectivity index is 1.64. The molecule has 7 nitrogen and oxygen atoms in total. The Hall–Kier alpha value is -4.39. The van der Waals surface area contributed by atoms with E-state index in [0.717, 1.165) is 22.9 Å². The van der Waals surface area contributed by atoms with E-state index in [4.69, 9.17) is 9.84 Å². The molecule has 0 spiro atoms. The van der Waals surface area contributed by atoms with Gasteiger partial charge in [0, 0.05) is 59.8 Å². The fourth-order valence-electron chi connectivity index (χ4n) is 5.28. The number of aromatic nitrogens is 1. The molecule has 4 aromatic rings. The zero-order valence-electron chi connectivity index (χ0n) is 24.9. The largest absolute Gasteiger partial charge is 0.481 e. The summed E-state index contributed by atoms with van der Waals surface area (Å²) in [6.45, 7) is 9.87. The molecule has 1 heterocycles. The molecule has 4 rings (SSSR count). The van der Waals surface area contributed by atoms with Gasteiger partial charge in [0.25, 0.3) is 5.91 Å². The Morgan fingerprint density at radius 1 is 0.929 bits per heavy atom. The number of ether oxygens (including phenoxy) is 1. The number of benzene rings is 3. The number of aryl methyl sites for hydroxylation is 1. The number of fused-ring (bicyclic) bond motifs is 1. The second-order valence-electron chi connectivity index (χ2n) is 11.0. The van der Waals surface area contributed by atoms with Gasteiger partial charge in [-0.05, 0) is 56.4 Å². The van der Waals surface area contributed by atoms with Gasteiger partial charge in [-0.15, -0.1) is 0 Å². The number of para-hydroxylation sites is 1. The lowest BCUT2D eigenvalue weighted by Crippen LogP contribution is -2.37. The molecular formula is C35H40N2O5. The van der Waals surface area contributed by atoms with E-state index in [0.29, 0.717) is 48.8 Å². The van der Waals surface area contributed by atoms with Crippen molar-refractivity contribution in [1.82, 2.24) is 9.47 Å². The number of amides is 1. The minimum Gasteiger partial charge on any atom is -0.481 e. The van der Waals surface area contributed by atoms with Gasteiger partial charge in [-0.1, -0.05) is 68.4 Å². The fraction of sp³-hybridized carbons (Fsp3) is 0.343. The molecule has 0 bridgehead atoms. The number of hydrogen-bond donors (Lipinski definition) is 1. The molecule has 0 saturated carbocycles. The van der Waals surface area contributed by atoms with Crippen molar-refractivity contribution in [3.63, 3.8) is 0 Å². The van der Waals surface area contributed by atoms with E-state index in [2.05, 4.69) is 13.8 Å². The highest BCUT2D eigenvalue weighted by molar-refractivity contribution is 6.16. The van der Waals surface area contributed by atoms with E-state index in [-0.39, 0.29) is 18.1 Å². The van der Waals surface area contributed by atoms with Gasteiger partial charge in [0.1, 0.15) is 5.75 Å². The molecule has 1 N–H and O–H groups in total. The van der Waals surface area contributed by atoms with E-state index in [1.165, 1.54) is 5.56 Å². The van der Waals surface area contributed by atoms with Crippen LogP contribution in [0.1, 0.15) is 73.7 Å². The molecule has 3 aromatic carbocycles. The van der Waals surface area contributed by atoms with Crippen LogP contribution in [0, 0.1) is 5.92 Å². The monoisotopic (exact) mass is 568 g/mol. The summed E-state index contributed by atoms with van der Waals surface area (Å²) in [6.07, 6.45) is 2.43. The van der Waals surface area contributed by atoms with E-state index < -0.39 is 12.1 Å². The molecule has 0 aliphatic rings. The second-order valence-corrected chi connectivity index (χ2v) is 11.0. The van der Waals surface area contributed by atoms with Gasteiger partial charge in [0.05, 0.1) is 0 Å². The van der Waals surface area contributed by atoms with Crippen molar-refractivity contribution in [3.05, 3.63) is 101 Å². The van der Waals surface area contributed by atoms with Crippen LogP contribution < -0.4 is 4.74 Å². The summed E-state index contributed by atoms with van der Waals surface area (Å²) in [6, 6.07) is 22.6.